The van der Waals surface area contributed by atoms with Crippen molar-refractivity contribution in [2.45, 2.75) is 37.8 Å². The third-order valence-corrected chi connectivity index (χ3v) is 5.67. The van der Waals surface area contributed by atoms with Gasteiger partial charge in [-0.25, -0.2) is 0 Å². The van der Waals surface area contributed by atoms with E-state index in [-0.39, 0.29) is 6.04 Å². The summed E-state index contributed by atoms with van der Waals surface area (Å²) < 4.78 is 1.13. The van der Waals surface area contributed by atoms with Crippen LogP contribution in [0.1, 0.15) is 37.3 Å². The molecule has 2 atom stereocenters. The van der Waals surface area contributed by atoms with E-state index in [2.05, 4.69) is 43.9 Å². The first-order chi connectivity index (χ1) is 10.2. The summed E-state index contributed by atoms with van der Waals surface area (Å²) in [5.74, 6) is 0. The molecule has 0 aliphatic carbocycles. The molecule has 1 aromatic rings. The molecule has 0 radical (unpaired) electrons. The zero-order valence-electron chi connectivity index (χ0n) is 12.7. The van der Waals surface area contributed by atoms with E-state index in [1.54, 1.807) is 0 Å². The number of halogens is 1. The first kappa shape index (κ1) is 15.5. The molecule has 2 saturated heterocycles. The van der Waals surface area contributed by atoms with Gasteiger partial charge >= 0.3 is 0 Å². The van der Waals surface area contributed by atoms with Crippen molar-refractivity contribution >= 4 is 15.9 Å². The Morgan fingerprint density at radius 3 is 2.86 bits per heavy atom. The molecule has 2 aliphatic heterocycles. The van der Waals surface area contributed by atoms with Gasteiger partial charge in [0.05, 0.1) is 0 Å². The number of nitrogens with two attached hydrogens (primary N) is 1. The minimum atomic E-state index is 0.128. The molecule has 4 heteroatoms. The van der Waals surface area contributed by atoms with Crippen LogP contribution in [0.3, 0.4) is 0 Å². The predicted octanol–water partition coefficient (Wildman–Crippen LogP) is 3.01. The molecule has 1 aromatic carbocycles. The normalized spacial score (nSPS) is 25.5. The fourth-order valence-electron chi connectivity index (χ4n) is 3.74. The number of rotatable bonds is 4. The number of nitrogens with zero attached hydrogens (tertiary/aromatic N) is 2. The van der Waals surface area contributed by atoms with Gasteiger partial charge in [-0.1, -0.05) is 34.1 Å². The zero-order valence-corrected chi connectivity index (χ0v) is 14.3. The molecule has 0 bridgehead atoms. The van der Waals surface area contributed by atoms with Crippen LogP contribution in [0, 0.1) is 0 Å². The molecule has 21 heavy (non-hydrogen) atoms. The lowest BCUT2D eigenvalue weighted by Crippen LogP contribution is -2.37. The van der Waals surface area contributed by atoms with Crippen LogP contribution < -0.4 is 5.73 Å². The molecule has 2 N–H and O–H groups in total. The van der Waals surface area contributed by atoms with E-state index < -0.39 is 0 Å². The maximum absolute atomic E-state index is 6.39. The molecule has 116 valence electrons. The second-order valence-corrected chi connectivity index (χ2v) is 7.26. The lowest BCUT2D eigenvalue weighted by molar-refractivity contribution is 0.216. The summed E-state index contributed by atoms with van der Waals surface area (Å²) in [6.45, 7) is 6.19. The Kier molecular flexibility index (Phi) is 5.33. The highest BCUT2D eigenvalue weighted by atomic mass is 79.9. The average molecular weight is 352 g/mol. The third-order valence-electron chi connectivity index (χ3n) is 4.95. The molecule has 2 heterocycles. The highest BCUT2D eigenvalue weighted by molar-refractivity contribution is 9.10. The van der Waals surface area contributed by atoms with E-state index in [1.807, 2.05) is 6.07 Å². The fraction of sp³-hybridized carbons (Fsp3) is 0.647. The summed E-state index contributed by atoms with van der Waals surface area (Å²) in [7, 11) is 0. The monoisotopic (exact) mass is 351 g/mol. The van der Waals surface area contributed by atoms with Crippen molar-refractivity contribution < 1.29 is 0 Å². The van der Waals surface area contributed by atoms with Gasteiger partial charge in [0.25, 0.3) is 0 Å². The molecule has 3 nitrogen and oxygen atoms in total. The topological polar surface area (TPSA) is 32.5 Å². The summed E-state index contributed by atoms with van der Waals surface area (Å²) in [6, 6.07) is 9.26. The van der Waals surface area contributed by atoms with Gasteiger partial charge in [-0.05, 0) is 56.9 Å². The fourth-order valence-corrected chi connectivity index (χ4v) is 4.32. The summed E-state index contributed by atoms with van der Waals surface area (Å²) in [6.07, 6.45) is 5.11. The zero-order chi connectivity index (χ0) is 14.7. The molecule has 2 unspecified atom stereocenters. The van der Waals surface area contributed by atoms with E-state index in [4.69, 9.17) is 5.73 Å². The van der Waals surface area contributed by atoms with Crippen molar-refractivity contribution in [3.63, 3.8) is 0 Å². The Balaban J connectivity index is 1.53. The molecule has 0 aromatic heterocycles. The first-order valence-corrected chi connectivity index (χ1v) is 9.00. The highest BCUT2D eigenvalue weighted by Gasteiger charge is 2.28. The van der Waals surface area contributed by atoms with Crippen LogP contribution in [-0.2, 0) is 0 Å². The van der Waals surface area contributed by atoms with Crippen LogP contribution >= 0.6 is 15.9 Å². The Hall–Kier alpha value is -0.420. The largest absolute Gasteiger partial charge is 0.324 e. The van der Waals surface area contributed by atoms with E-state index in [0.717, 1.165) is 23.5 Å². The van der Waals surface area contributed by atoms with Crippen molar-refractivity contribution in [3.05, 3.63) is 34.3 Å². The molecule has 0 saturated carbocycles. The highest BCUT2D eigenvalue weighted by Crippen LogP contribution is 2.25. The summed E-state index contributed by atoms with van der Waals surface area (Å²) >= 11 is 3.61. The average Bonchev–Trinajstić information content (AvgIpc) is 2.83. The van der Waals surface area contributed by atoms with E-state index in [1.165, 1.54) is 51.0 Å². The van der Waals surface area contributed by atoms with Crippen LogP contribution in [0.25, 0.3) is 0 Å². The summed E-state index contributed by atoms with van der Waals surface area (Å²) in [4.78, 5) is 5.32. The van der Waals surface area contributed by atoms with E-state index >= 15 is 0 Å². The van der Waals surface area contributed by atoms with Crippen molar-refractivity contribution in [2.24, 2.45) is 5.73 Å². The van der Waals surface area contributed by atoms with Crippen LogP contribution in [0.5, 0.6) is 0 Å². The molecule has 2 fully saturated rings. The minimum absolute atomic E-state index is 0.128. The van der Waals surface area contributed by atoms with Crippen molar-refractivity contribution in [1.82, 2.24) is 9.80 Å². The van der Waals surface area contributed by atoms with Gasteiger partial charge < -0.3 is 10.6 Å². The summed E-state index contributed by atoms with van der Waals surface area (Å²) in [5.41, 5.74) is 7.62. The number of hydrogen-bond donors (Lipinski definition) is 1. The molecular weight excluding hydrogens is 326 g/mol. The Labute approximate surface area is 136 Å². The van der Waals surface area contributed by atoms with Crippen molar-refractivity contribution in [3.8, 4) is 0 Å². The summed E-state index contributed by atoms with van der Waals surface area (Å²) in [5, 5.41) is 0. The first-order valence-electron chi connectivity index (χ1n) is 8.20. The van der Waals surface area contributed by atoms with E-state index in [0.29, 0.717) is 0 Å². The Morgan fingerprint density at radius 1 is 1.19 bits per heavy atom. The van der Waals surface area contributed by atoms with Gasteiger partial charge in [-0.3, -0.25) is 4.90 Å². The molecule has 0 amide bonds. The quantitative estimate of drug-likeness (QED) is 0.904. The maximum Gasteiger partial charge on any atom is 0.0318 e. The smallest absolute Gasteiger partial charge is 0.0318 e. The number of benzene rings is 1. The van der Waals surface area contributed by atoms with Gasteiger partial charge in [0, 0.05) is 29.6 Å². The third kappa shape index (κ3) is 3.86. The van der Waals surface area contributed by atoms with Gasteiger partial charge in [-0.2, -0.15) is 0 Å². The number of fused-ring (bicyclic) bond motifs is 1. The van der Waals surface area contributed by atoms with Gasteiger partial charge in [0.15, 0.2) is 0 Å². The van der Waals surface area contributed by atoms with E-state index in [9.17, 15) is 0 Å². The molecule has 0 spiro atoms. The minimum Gasteiger partial charge on any atom is -0.324 e. The maximum atomic E-state index is 6.39. The van der Waals surface area contributed by atoms with Crippen LogP contribution in [0.2, 0.25) is 0 Å². The Morgan fingerprint density at radius 2 is 2.00 bits per heavy atom. The molecule has 3 rings (SSSR count). The molecular formula is C17H26BrN3. The van der Waals surface area contributed by atoms with Gasteiger partial charge in [0.1, 0.15) is 0 Å². The number of hydrogen-bond acceptors (Lipinski definition) is 3. The van der Waals surface area contributed by atoms with Gasteiger partial charge in [0.2, 0.25) is 0 Å². The standard InChI is InChI=1S/C17H26BrN3/c18-16-7-2-1-6-15(16)17(19)8-12-20-9-4-11-21-10-3-5-14(21)13-20/h1-2,6-7,14,17H,3-5,8-13,19H2. The van der Waals surface area contributed by atoms with Crippen molar-refractivity contribution in [2.75, 3.05) is 32.7 Å². The second-order valence-electron chi connectivity index (χ2n) is 6.40. The lowest BCUT2D eigenvalue weighted by atomic mass is 10.0. The Bertz CT molecular complexity index is 465. The molecule has 2 aliphatic rings. The van der Waals surface area contributed by atoms with Gasteiger partial charge in [-0.15, -0.1) is 0 Å². The lowest BCUT2D eigenvalue weighted by Gasteiger charge is -2.26. The predicted molar refractivity (Wildman–Crippen MR) is 91.3 cm³/mol. The van der Waals surface area contributed by atoms with Crippen LogP contribution in [-0.4, -0.2) is 48.6 Å². The second kappa shape index (κ2) is 7.23. The van der Waals surface area contributed by atoms with Crippen LogP contribution in [0.4, 0.5) is 0 Å². The van der Waals surface area contributed by atoms with Crippen molar-refractivity contribution in [1.29, 1.82) is 0 Å². The van der Waals surface area contributed by atoms with Crippen LogP contribution in [0.15, 0.2) is 28.7 Å². The SMILES string of the molecule is NC(CCN1CCCN2CCCC2C1)c1ccccc1Br.